The molecule has 1 heterocycles. The molecule has 1 N–H and O–H groups in total. The molecular weight excluding hydrogens is 465 g/mol. The van der Waals surface area contributed by atoms with E-state index in [9.17, 15) is 14.3 Å². The van der Waals surface area contributed by atoms with E-state index in [0.717, 1.165) is 38.8 Å². The molecule has 7 nitrogen and oxygen atoms in total. The molecule has 0 saturated carbocycles. The molecule has 0 aromatic rings. The second-order valence-corrected chi connectivity index (χ2v) is 12.0. The maximum absolute atomic E-state index is 12.4. The second-order valence-electron chi connectivity index (χ2n) is 9.99. The zero-order chi connectivity index (χ0) is 25.6. The van der Waals surface area contributed by atoms with Crippen molar-refractivity contribution in [3.63, 3.8) is 0 Å². The summed E-state index contributed by atoms with van der Waals surface area (Å²) < 4.78 is 28.7. The first-order chi connectivity index (χ1) is 17.0. The fourth-order valence-corrected chi connectivity index (χ4v) is 5.42. The topological polar surface area (TPSA) is 85.3 Å². The SMILES string of the molecule is CCCCCCCCCCCCCCCOCC(COP(=O)(O)CCN1CCCC1)OC(=O)CC. The van der Waals surface area contributed by atoms with E-state index in [4.69, 9.17) is 14.0 Å². The number of ether oxygens (including phenoxy) is 2. The van der Waals surface area contributed by atoms with Gasteiger partial charge in [-0.3, -0.25) is 9.36 Å². The third-order valence-corrected chi connectivity index (χ3v) is 7.96. The van der Waals surface area contributed by atoms with E-state index in [1.807, 2.05) is 0 Å². The standard InChI is InChI=1S/C27H54NO6P/c1-3-5-6-7-8-9-10-11-12-13-14-15-18-22-32-24-26(34-27(29)4-2)25-33-35(30,31)23-21-28-19-16-17-20-28/h26H,3-25H2,1-2H3,(H,30,31). The van der Waals surface area contributed by atoms with E-state index >= 15 is 0 Å². The Balaban J connectivity index is 2.07. The van der Waals surface area contributed by atoms with Crippen molar-refractivity contribution < 1.29 is 28.3 Å². The summed E-state index contributed by atoms with van der Waals surface area (Å²) in [5, 5.41) is 0. The summed E-state index contributed by atoms with van der Waals surface area (Å²) in [6.07, 6.45) is 18.9. The average molecular weight is 520 g/mol. The summed E-state index contributed by atoms with van der Waals surface area (Å²) in [7, 11) is -3.71. The van der Waals surface area contributed by atoms with Crippen molar-refractivity contribution in [3.05, 3.63) is 0 Å². The highest BCUT2D eigenvalue weighted by atomic mass is 31.2. The lowest BCUT2D eigenvalue weighted by atomic mass is 10.0. The highest BCUT2D eigenvalue weighted by Gasteiger charge is 2.25. The first-order valence-corrected chi connectivity index (χ1v) is 16.2. The Bertz CT molecular complexity index is 556. The first-order valence-electron chi connectivity index (χ1n) is 14.4. The first kappa shape index (κ1) is 32.6. The summed E-state index contributed by atoms with van der Waals surface area (Å²) in [6, 6.07) is 0. The van der Waals surface area contributed by atoms with Gasteiger partial charge in [-0.2, -0.15) is 0 Å². The lowest BCUT2D eigenvalue weighted by molar-refractivity contribution is -0.153. The molecule has 2 atom stereocenters. The molecule has 35 heavy (non-hydrogen) atoms. The zero-order valence-electron chi connectivity index (χ0n) is 22.7. The van der Waals surface area contributed by atoms with E-state index < -0.39 is 13.7 Å². The van der Waals surface area contributed by atoms with Crippen molar-refractivity contribution in [1.82, 2.24) is 4.90 Å². The molecule has 0 aliphatic carbocycles. The van der Waals surface area contributed by atoms with Crippen LogP contribution in [0.4, 0.5) is 0 Å². The molecule has 1 saturated heterocycles. The normalized spacial score (nSPS) is 16.9. The van der Waals surface area contributed by atoms with Gasteiger partial charge in [0.2, 0.25) is 0 Å². The summed E-state index contributed by atoms with van der Waals surface area (Å²) in [5.41, 5.74) is 0. The Labute approximate surface area is 215 Å². The van der Waals surface area contributed by atoms with Crippen LogP contribution in [-0.4, -0.2) is 67.5 Å². The van der Waals surface area contributed by atoms with Crippen molar-refractivity contribution in [2.24, 2.45) is 0 Å². The highest BCUT2D eigenvalue weighted by molar-refractivity contribution is 7.52. The van der Waals surface area contributed by atoms with E-state index in [1.165, 1.54) is 70.6 Å². The summed E-state index contributed by atoms with van der Waals surface area (Å²) in [6.45, 7) is 7.17. The summed E-state index contributed by atoms with van der Waals surface area (Å²) >= 11 is 0. The number of esters is 1. The minimum absolute atomic E-state index is 0.0985. The van der Waals surface area contributed by atoms with Gasteiger partial charge in [-0.1, -0.05) is 90.9 Å². The lowest BCUT2D eigenvalue weighted by Gasteiger charge is -2.21. The van der Waals surface area contributed by atoms with Gasteiger partial charge >= 0.3 is 13.6 Å². The van der Waals surface area contributed by atoms with Crippen LogP contribution < -0.4 is 0 Å². The van der Waals surface area contributed by atoms with Gasteiger partial charge in [-0.25, -0.2) is 0 Å². The van der Waals surface area contributed by atoms with E-state index in [2.05, 4.69) is 11.8 Å². The van der Waals surface area contributed by atoms with Crippen LogP contribution in [0.15, 0.2) is 0 Å². The van der Waals surface area contributed by atoms with Crippen LogP contribution in [0.2, 0.25) is 0 Å². The number of rotatable bonds is 24. The van der Waals surface area contributed by atoms with Gasteiger partial charge in [0, 0.05) is 19.6 Å². The number of hydrogen-bond acceptors (Lipinski definition) is 6. The fourth-order valence-electron chi connectivity index (χ4n) is 4.36. The lowest BCUT2D eigenvalue weighted by Crippen LogP contribution is -2.29. The largest absolute Gasteiger partial charge is 0.457 e. The number of hydrogen-bond donors (Lipinski definition) is 1. The Morgan fingerprint density at radius 1 is 0.857 bits per heavy atom. The van der Waals surface area contributed by atoms with E-state index in [0.29, 0.717) is 13.2 Å². The van der Waals surface area contributed by atoms with Crippen LogP contribution in [-0.2, 0) is 23.4 Å². The van der Waals surface area contributed by atoms with Crippen LogP contribution in [0, 0.1) is 0 Å². The molecule has 0 amide bonds. The van der Waals surface area contributed by atoms with Crippen LogP contribution in [0.3, 0.4) is 0 Å². The van der Waals surface area contributed by atoms with E-state index in [-0.39, 0.29) is 31.8 Å². The number of nitrogens with zero attached hydrogens (tertiary/aromatic N) is 1. The van der Waals surface area contributed by atoms with Crippen molar-refractivity contribution in [1.29, 1.82) is 0 Å². The number of unbranched alkanes of at least 4 members (excludes halogenated alkanes) is 12. The molecule has 1 fully saturated rings. The van der Waals surface area contributed by atoms with Gasteiger partial charge in [-0.05, 0) is 32.4 Å². The molecule has 2 unspecified atom stereocenters. The maximum atomic E-state index is 12.4. The van der Waals surface area contributed by atoms with Crippen LogP contribution in [0.25, 0.3) is 0 Å². The molecule has 0 spiro atoms. The van der Waals surface area contributed by atoms with Gasteiger partial charge in [-0.15, -0.1) is 0 Å². The summed E-state index contributed by atoms with van der Waals surface area (Å²) in [4.78, 5) is 24.1. The third kappa shape index (κ3) is 19.3. The molecule has 208 valence electrons. The van der Waals surface area contributed by atoms with Crippen molar-refractivity contribution in [2.45, 2.75) is 123 Å². The van der Waals surface area contributed by atoms with Crippen molar-refractivity contribution >= 4 is 13.6 Å². The predicted molar refractivity (Wildman–Crippen MR) is 143 cm³/mol. The Hall–Kier alpha value is -0.460. The van der Waals surface area contributed by atoms with E-state index in [1.54, 1.807) is 6.92 Å². The van der Waals surface area contributed by atoms with Crippen LogP contribution in [0.1, 0.15) is 117 Å². The summed E-state index contributed by atoms with van der Waals surface area (Å²) in [5.74, 6) is -0.354. The molecule has 0 bridgehead atoms. The highest BCUT2D eigenvalue weighted by Crippen LogP contribution is 2.41. The molecule has 8 heteroatoms. The third-order valence-electron chi connectivity index (χ3n) is 6.64. The van der Waals surface area contributed by atoms with Gasteiger partial charge < -0.3 is 23.8 Å². The Kier molecular flexibility index (Phi) is 20.1. The van der Waals surface area contributed by atoms with Crippen molar-refractivity contribution in [3.8, 4) is 0 Å². The van der Waals surface area contributed by atoms with Gasteiger partial charge in [0.1, 0.15) is 6.10 Å². The van der Waals surface area contributed by atoms with Crippen molar-refractivity contribution in [2.75, 3.05) is 45.6 Å². The molecular formula is C27H54NO6P. The molecule has 0 aromatic heterocycles. The van der Waals surface area contributed by atoms with Gasteiger partial charge in [0.05, 0.1) is 19.4 Å². The van der Waals surface area contributed by atoms with Gasteiger partial charge in [0.15, 0.2) is 0 Å². The smallest absolute Gasteiger partial charge is 0.329 e. The minimum Gasteiger partial charge on any atom is -0.457 e. The Morgan fingerprint density at radius 2 is 1.40 bits per heavy atom. The number of likely N-dealkylation sites (tertiary alicyclic amines) is 1. The predicted octanol–water partition coefficient (Wildman–Crippen LogP) is 6.71. The second kappa shape index (κ2) is 21.6. The number of carbonyl (C=O) groups excluding carboxylic acids is 1. The molecule has 0 aromatic carbocycles. The molecule has 1 aliphatic heterocycles. The minimum atomic E-state index is -3.71. The molecule has 1 rings (SSSR count). The maximum Gasteiger partial charge on any atom is 0.329 e. The average Bonchev–Trinajstić information content (AvgIpc) is 3.37. The number of carbonyl (C=O) groups is 1. The van der Waals surface area contributed by atoms with Crippen LogP contribution in [0.5, 0.6) is 0 Å². The zero-order valence-corrected chi connectivity index (χ0v) is 23.6. The van der Waals surface area contributed by atoms with Gasteiger partial charge in [0.25, 0.3) is 0 Å². The monoisotopic (exact) mass is 519 g/mol. The fraction of sp³-hybridized carbons (Fsp3) is 0.963. The van der Waals surface area contributed by atoms with Crippen LogP contribution >= 0.6 is 7.60 Å². The molecule has 0 radical (unpaired) electrons. The quantitative estimate of drug-likeness (QED) is 0.0861. The Morgan fingerprint density at radius 3 is 1.94 bits per heavy atom. The molecule has 1 aliphatic rings.